The summed E-state index contributed by atoms with van der Waals surface area (Å²) in [5.41, 5.74) is 1.70. The largest absolute Gasteiger partial charge is 0.370 e. The van der Waals surface area contributed by atoms with Gasteiger partial charge >= 0.3 is 0 Å². The highest BCUT2D eigenvalue weighted by Crippen LogP contribution is 2.39. The number of pyridine rings is 1. The number of aromatic nitrogens is 1. The van der Waals surface area contributed by atoms with Gasteiger partial charge in [-0.05, 0) is 24.5 Å². The van der Waals surface area contributed by atoms with Crippen LogP contribution in [0.4, 0.5) is 5.82 Å². The van der Waals surface area contributed by atoms with Crippen molar-refractivity contribution in [2.24, 2.45) is 0 Å². The molecule has 0 atom stereocenters. The standard InChI is InChI=1S/C15H17Cl3N2/c1-5-19-14-9(15(2,3)4)6-8-12(18)10(16)7-11(17)13(8)20-14/h6-7H,5H2,1-4H3,(H,19,20). The van der Waals surface area contributed by atoms with Gasteiger partial charge in [0.2, 0.25) is 0 Å². The molecule has 2 nitrogen and oxygen atoms in total. The molecule has 1 N–H and O–H groups in total. The van der Waals surface area contributed by atoms with Gasteiger partial charge in [0, 0.05) is 17.5 Å². The molecule has 0 saturated heterocycles. The summed E-state index contributed by atoms with van der Waals surface area (Å²) in [7, 11) is 0. The van der Waals surface area contributed by atoms with Crippen LogP contribution in [0.15, 0.2) is 12.1 Å². The van der Waals surface area contributed by atoms with Crippen LogP contribution in [0, 0.1) is 0 Å². The Morgan fingerprint density at radius 1 is 1.10 bits per heavy atom. The van der Waals surface area contributed by atoms with Gasteiger partial charge in [-0.25, -0.2) is 4.98 Å². The fourth-order valence-electron chi connectivity index (χ4n) is 2.11. The molecule has 0 fully saturated rings. The van der Waals surface area contributed by atoms with Gasteiger partial charge in [0.15, 0.2) is 0 Å². The maximum absolute atomic E-state index is 6.30. The molecule has 1 aromatic carbocycles. The summed E-state index contributed by atoms with van der Waals surface area (Å²) in [4.78, 5) is 4.65. The van der Waals surface area contributed by atoms with E-state index in [0.717, 1.165) is 23.3 Å². The number of halogens is 3. The summed E-state index contributed by atoms with van der Waals surface area (Å²) in [6, 6.07) is 3.66. The van der Waals surface area contributed by atoms with Gasteiger partial charge in [0.1, 0.15) is 5.82 Å². The maximum atomic E-state index is 6.30. The van der Waals surface area contributed by atoms with Crippen LogP contribution in [-0.2, 0) is 5.41 Å². The quantitative estimate of drug-likeness (QED) is 0.690. The van der Waals surface area contributed by atoms with Crippen molar-refractivity contribution in [3.63, 3.8) is 0 Å². The Labute approximate surface area is 134 Å². The molecule has 5 heteroatoms. The zero-order chi connectivity index (χ0) is 15.1. The first-order valence-corrected chi connectivity index (χ1v) is 7.61. The Morgan fingerprint density at radius 2 is 1.75 bits per heavy atom. The zero-order valence-corrected chi connectivity index (χ0v) is 14.2. The van der Waals surface area contributed by atoms with Crippen LogP contribution < -0.4 is 5.32 Å². The van der Waals surface area contributed by atoms with Gasteiger partial charge in [-0.2, -0.15) is 0 Å². The lowest BCUT2D eigenvalue weighted by Crippen LogP contribution is -2.16. The Balaban J connectivity index is 2.85. The molecule has 0 aliphatic rings. The van der Waals surface area contributed by atoms with Crippen molar-refractivity contribution in [3.05, 3.63) is 32.8 Å². The minimum atomic E-state index is -0.0587. The van der Waals surface area contributed by atoms with E-state index in [1.165, 1.54) is 0 Å². The van der Waals surface area contributed by atoms with Crippen molar-refractivity contribution < 1.29 is 0 Å². The zero-order valence-electron chi connectivity index (χ0n) is 11.9. The van der Waals surface area contributed by atoms with Crippen LogP contribution >= 0.6 is 34.8 Å². The summed E-state index contributed by atoms with van der Waals surface area (Å²) in [5.74, 6) is 0.841. The number of anilines is 1. The van der Waals surface area contributed by atoms with Crippen molar-refractivity contribution in [3.8, 4) is 0 Å². The molecule has 108 valence electrons. The number of fused-ring (bicyclic) bond motifs is 1. The van der Waals surface area contributed by atoms with E-state index in [4.69, 9.17) is 34.8 Å². The van der Waals surface area contributed by atoms with Crippen LogP contribution in [0.2, 0.25) is 15.1 Å². The summed E-state index contributed by atoms with van der Waals surface area (Å²) < 4.78 is 0. The SMILES string of the molecule is CCNc1nc2c(Cl)cc(Cl)c(Cl)c2cc1C(C)(C)C. The Bertz CT molecular complexity index is 660. The molecule has 0 aliphatic carbocycles. The maximum Gasteiger partial charge on any atom is 0.130 e. The molecule has 0 spiro atoms. The monoisotopic (exact) mass is 330 g/mol. The summed E-state index contributed by atoms with van der Waals surface area (Å²) in [5, 5.41) is 5.53. The highest BCUT2D eigenvalue weighted by atomic mass is 35.5. The molecule has 1 heterocycles. The molecule has 0 aliphatic heterocycles. The lowest BCUT2D eigenvalue weighted by atomic mass is 9.86. The first-order valence-electron chi connectivity index (χ1n) is 6.48. The third kappa shape index (κ3) is 2.83. The fourth-order valence-corrected chi connectivity index (χ4v) is 2.83. The minimum absolute atomic E-state index is 0.0587. The van der Waals surface area contributed by atoms with Gasteiger partial charge in [-0.1, -0.05) is 55.6 Å². The highest BCUT2D eigenvalue weighted by Gasteiger charge is 2.22. The molecule has 0 unspecified atom stereocenters. The molecular formula is C15H17Cl3N2. The molecule has 2 rings (SSSR count). The van der Waals surface area contributed by atoms with E-state index in [9.17, 15) is 0 Å². The third-order valence-electron chi connectivity index (χ3n) is 3.10. The number of hydrogen-bond donors (Lipinski definition) is 1. The predicted octanol–water partition coefficient (Wildman–Crippen LogP) is 5.92. The molecule has 2 aromatic rings. The smallest absolute Gasteiger partial charge is 0.130 e. The summed E-state index contributed by atoms with van der Waals surface area (Å²) in [6.45, 7) is 9.24. The van der Waals surface area contributed by atoms with Crippen LogP contribution in [0.1, 0.15) is 33.3 Å². The molecule has 0 bridgehead atoms. The highest BCUT2D eigenvalue weighted by molar-refractivity contribution is 6.47. The first kappa shape index (κ1) is 15.7. The second kappa shape index (κ2) is 5.59. The molecule has 1 aromatic heterocycles. The number of hydrogen-bond acceptors (Lipinski definition) is 2. The molecule has 0 radical (unpaired) electrons. The number of nitrogens with zero attached hydrogens (tertiary/aromatic N) is 1. The van der Waals surface area contributed by atoms with Gasteiger partial charge in [-0.15, -0.1) is 0 Å². The lowest BCUT2D eigenvalue weighted by Gasteiger charge is -2.23. The van der Waals surface area contributed by atoms with E-state index in [2.05, 4.69) is 31.1 Å². The molecule has 0 saturated carbocycles. The summed E-state index contributed by atoms with van der Waals surface area (Å²) >= 11 is 18.6. The Morgan fingerprint density at radius 3 is 2.30 bits per heavy atom. The van der Waals surface area contributed by atoms with Crippen LogP contribution in [-0.4, -0.2) is 11.5 Å². The Hall–Kier alpha value is -0.700. The van der Waals surface area contributed by atoms with Crippen LogP contribution in [0.5, 0.6) is 0 Å². The first-order chi connectivity index (χ1) is 9.25. The van der Waals surface area contributed by atoms with E-state index in [-0.39, 0.29) is 5.41 Å². The molecular weight excluding hydrogens is 315 g/mol. The van der Waals surface area contributed by atoms with Gasteiger partial charge in [0.25, 0.3) is 0 Å². The van der Waals surface area contributed by atoms with Crippen LogP contribution in [0.3, 0.4) is 0 Å². The number of benzene rings is 1. The van der Waals surface area contributed by atoms with Gasteiger partial charge in [0.05, 0.1) is 20.6 Å². The average Bonchev–Trinajstić information content (AvgIpc) is 2.35. The second-order valence-corrected chi connectivity index (χ2v) is 6.91. The fraction of sp³-hybridized carbons (Fsp3) is 0.400. The average molecular weight is 332 g/mol. The lowest BCUT2D eigenvalue weighted by molar-refractivity contribution is 0.590. The minimum Gasteiger partial charge on any atom is -0.370 e. The van der Waals surface area contributed by atoms with Crippen LogP contribution in [0.25, 0.3) is 10.9 Å². The van der Waals surface area contributed by atoms with E-state index in [1.807, 2.05) is 13.0 Å². The van der Waals surface area contributed by atoms with Gasteiger partial charge < -0.3 is 5.32 Å². The van der Waals surface area contributed by atoms with Crippen molar-refractivity contribution in [2.75, 3.05) is 11.9 Å². The van der Waals surface area contributed by atoms with Gasteiger partial charge in [-0.3, -0.25) is 0 Å². The molecule has 0 amide bonds. The van der Waals surface area contributed by atoms with Crippen molar-refractivity contribution >= 4 is 51.5 Å². The van der Waals surface area contributed by atoms with Crippen molar-refractivity contribution in [1.82, 2.24) is 4.98 Å². The topological polar surface area (TPSA) is 24.9 Å². The summed E-state index contributed by atoms with van der Waals surface area (Å²) in [6.07, 6.45) is 0. The van der Waals surface area contributed by atoms with E-state index in [1.54, 1.807) is 6.07 Å². The molecule has 20 heavy (non-hydrogen) atoms. The number of rotatable bonds is 2. The van der Waals surface area contributed by atoms with Crippen molar-refractivity contribution in [1.29, 1.82) is 0 Å². The predicted molar refractivity (Wildman–Crippen MR) is 89.6 cm³/mol. The van der Waals surface area contributed by atoms with E-state index >= 15 is 0 Å². The third-order valence-corrected chi connectivity index (χ3v) is 4.19. The van der Waals surface area contributed by atoms with E-state index in [0.29, 0.717) is 20.6 Å². The Kier molecular flexibility index (Phi) is 4.38. The second-order valence-electron chi connectivity index (χ2n) is 5.72. The van der Waals surface area contributed by atoms with E-state index < -0.39 is 0 Å². The normalized spacial score (nSPS) is 11.9. The number of nitrogens with one attached hydrogen (secondary N) is 1. The van der Waals surface area contributed by atoms with Crippen molar-refractivity contribution in [2.45, 2.75) is 33.1 Å².